The summed E-state index contributed by atoms with van der Waals surface area (Å²) >= 11 is 12.1. The van der Waals surface area contributed by atoms with Crippen molar-refractivity contribution in [3.8, 4) is 113 Å². The molecule has 0 saturated heterocycles. The van der Waals surface area contributed by atoms with Gasteiger partial charge in [-0.25, -0.2) is 0 Å². The molecule has 9 N–H and O–H groups in total. The summed E-state index contributed by atoms with van der Waals surface area (Å²) in [6.45, 7) is 39.5. The second-order valence-electron chi connectivity index (χ2n) is 42.9. The van der Waals surface area contributed by atoms with E-state index in [9.17, 15) is 50.4 Å². The Labute approximate surface area is 869 Å². The van der Waals surface area contributed by atoms with Crippen LogP contribution in [-0.2, 0) is 42.1 Å². The molecule has 143 heavy (non-hydrogen) atoms. The molecule has 0 spiro atoms. The topological polar surface area (TPSA) is 224 Å². The van der Waals surface area contributed by atoms with Crippen LogP contribution in [0.3, 0.4) is 0 Å². The van der Waals surface area contributed by atoms with Gasteiger partial charge in [0.05, 0.1) is 0 Å². The van der Waals surface area contributed by atoms with Gasteiger partial charge in [-0.3, -0.25) is 14.6 Å². The Hall–Kier alpha value is -11.5. The van der Waals surface area contributed by atoms with Crippen molar-refractivity contribution in [3.63, 3.8) is 0 Å². The first-order valence-electron chi connectivity index (χ1n) is 52.5. The number of benzene rings is 11. The Balaban J connectivity index is 0.000000233. The van der Waals surface area contributed by atoms with E-state index in [1.54, 1.807) is 73.9 Å². The normalized spacial score (nSPS) is 11.5. The van der Waals surface area contributed by atoms with Gasteiger partial charge in [-0.1, -0.05) is 421 Å². The minimum atomic E-state index is -0.105. The molecule has 0 unspecified atom stereocenters. The molecule has 13 nitrogen and oxygen atoms in total. The Bertz CT molecular complexity index is 5750. The lowest BCUT2D eigenvalue weighted by atomic mass is 9.79. The SMILES string of the molecule is CCCCCCC(C)(C)c1ccc(-c2cc(Cl)cc(Cl)c2)c(O)c1.CCCCCCC(C)(C)c1ccc(-c2cccc(NC(C)=O)c2)c(O)c1.CCCCCCC(C)(C)c1ccc(-c2cccc(O)c2)c(O)c1.CCCCCCC(C)(C)c1ccc(-c2ccccc2)c(O)c1.CCCCCCC(C)(C)c1ccc(-c2cccnc2)c(O)c1.CN(C)C(=O)CCCCC(C)(C)c1ccc(-c2cccc(O)c2)c(O)c1. The average Bonchev–Trinajstić information content (AvgIpc) is 0.819. The first-order valence-corrected chi connectivity index (χ1v) is 53.3. The molecule has 11 aromatic carbocycles. The highest BCUT2D eigenvalue weighted by Crippen LogP contribution is 2.45. The number of aromatic nitrogens is 1. The molecule has 0 bridgehead atoms. The van der Waals surface area contributed by atoms with Crippen molar-refractivity contribution in [2.45, 2.75) is 343 Å². The predicted octanol–water partition coefficient (Wildman–Crippen LogP) is 36.6. The van der Waals surface area contributed by atoms with E-state index in [0.717, 1.165) is 141 Å². The number of hydrogen-bond acceptors (Lipinski definition) is 11. The first-order chi connectivity index (χ1) is 67.9. The van der Waals surface area contributed by atoms with Crippen molar-refractivity contribution in [1.29, 1.82) is 0 Å². The third-order valence-electron chi connectivity index (χ3n) is 27.9. The molecule has 12 rings (SSSR count). The number of nitrogens with one attached hydrogen (secondary N) is 1. The molecule has 1 aromatic heterocycles. The first kappa shape index (κ1) is 118. The summed E-state index contributed by atoms with van der Waals surface area (Å²) in [6.07, 6.45) is 37.8. The zero-order valence-corrected chi connectivity index (χ0v) is 91.3. The van der Waals surface area contributed by atoms with Crippen LogP contribution in [0, 0.1) is 0 Å². The second-order valence-corrected chi connectivity index (χ2v) is 43.7. The molecule has 0 aliphatic heterocycles. The van der Waals surface area contributed by atoms with E-state index in [1.165, 1.54) is 146 Å². The molecule has 0 saturated carbocycles. The number of anilines is 1. The standard InChI is InChI=1S/C23H31NO2.C22H29NO3.C21H26Cl2O.C21H28O2.C21H28O.C20H27NO/c1-5-6-7-8-14-23(3,4)19-12-13-21(22(26)16-19)18-10-9-11-20(15-18)24-17(2)25;1-22(2,13-6-5-10-21(26)23(3)4)17-11-12-19(20(25)15-17)16-8-7-9-18(24)14-16;1-4-5-6-7-10-21(2,3)16-8-9-19(20(24)13-16)15-11-17(22)14-18(23)12-15;1-4-5-6-7-13-21(2,3)17-11-12-19(20(23)15-17)16-9-8-10-18(22)14-16;1-4-5-6-10-15-21(2,3)18-13-14-19(20(22)16-18)17-11-8-7-9-12-17;1-4-5-6-7-12-20(2,3)17-10-11-18(19(22)14-17)16-9-8-13-21-15-16/h9-13,15-16,26H,5-8,14H2,1-4H3,(H,24,25);7-9,11-12,14-15,24-25H,5-6,10,13H2,1-4H3;8-9,11-14,24H,4-7,10H2,1-3H3;8-12,14-15,22-23H,4-7,13H2,1-3H3;7-9,11-14,16,22H,4-6,10,15H2,1-3H3;8-11,13-15,22H,4-7,12H2,1-3H3. The maximum absolute atomic E-state index is 11.7. The quantitative estimate of drug-likeness (QED) is 0.0164. The average molecular weight is 1980 g/mol. The van der Waals surface area contributed by atoms with Crippen LogP contribution in [0.25, 0.3) is 66.8 Å². The van der Waals surface area contributed by atoms with E-state index in [0.29, 0.717) is 33.5 Å². The second kappa shape index (κ2) is 58.4. The monoisotopic (exact) mass is 1980 g/mol. The van der Waals surface area contributed by atoms with E-state index in [-0.39, 0.29) is 78.8 Å². The maximum atomic E-state index is 11.7. The van der Waals surface area contributed by atoms with Gasteiger partial charge >= 0.3 is 0 Å². The van der Waals surface area contributed by atoms with Gasteiger partial charge in [-0.15, -0.1) is 0 Å². The lowest BCUT2D eigenvalue weighted by Crippen LogP contribution is -2.21. The van der Waals surface area contributed by atoms with Crippen LogP contribution in [0.2, 0.25) is 10.0 Å². The highest BCUT2D eigenvalue weighted by molar-refractivity contribution is 6.35. The highest BCUT2D eigenvalue weighted by atomic mass is 35.5. The predicted molar refractivity (Wildman–Crippen MR) is 606 cm³/mol. The fourth-order valence-electron chi connectivity index (χ4n) is 18.2. The van der Waals surface area contributed by atoms with Gasteiger partial charge in [-0.05, 0) is 236 Å². The lowest BCUT2D eigenvalue weighted by molar-refractivity contribution is -0.128. The molecule has 1 heterocycles. The molecular weight excluding hydrogens is 1810 g/mol. The summed E-state index contributed by atoms with van der Waals surface area (Å²) in [6, 6.07) is 76.5. The molecule has 2 amide bonds. The smallest absolute Gasteiger partial charge is 0.222 e. The van der Waals surface area contributed by atoms with Gasteiger partial charge < -0.3 is 51.1 Å². The summed E-state index contributed by atoms with van der Waals surface area (Å²) < 4.78 is 0. The summed E-state index contributed by atoms with van der Waals surface area (Å²) in [5.41, 5.74) is 18.1. The number of halogens is 2. The van der Waals surface area contributed by atoms with Crippen LogP contribution in [0.1, 0.15) is 344 Å². The number of rotatable bonds is 43. The molecule has 0 radical (unpaired) electrons. The summed E-state index contributed by atoms with van der Waals surface area (Å²) in [4.78, 5) is 28.7. The van der Waals surface area contributed by atoms with Crippen molar-refractivity contribution < 1.29 is 50.4 Å². The number of aromatic hydroxyl groups is 8. The molecule has 0 aliphatic rings. The molecule has 0 aliphatic carbocycles. The maximum Gasteiger partial charge on any atom is 0.222 e. The number of nitrogens with zero attached hydrogens (tertiary/aromatic N) is 2. The van der Waals surface area contributed by atoms with E-state index < -0.39 is 0 Å². The number of phenols is 8. The van der Waals surface area contributed by atoms with Crippen molar-refractivity contribution in [1.82, 2.24) is 9.88 Å². The Morgan fingerprint density at radius 2 is 0.559 bits per heavy atom. The summed E-state index contributed by atoms with van der Waals surface area (Å²) in [7, 11) is 3.56. The van der Waals surface area contributed by atoms with Crippen LogP contribution in [0.4, 0.5) is 5.69 Å². The number of pyridine rings is 1. The largest absolute Gasteiger partial charge is 0.508 e. The van der Waals surface area contributed by atoms with Gasteiger partial charge in [0.25, 0.3) is 0 Å². The number of hydrogen-bond donors (Lipinski definition) is 9. The molecule has 12 aromatic rings. The van der Waals surface area contributed by atoms with Crippen molar-refractivity contribution in [2.75, 3.05) is 19.4 Å². The van der Waals surface area contributed by atoms with Gasteiger partial charge in [0.2, 0.25) is 11.8 Å². The molecule has 770 valence electrons. The third-order valence-corrected chi connectivity index (χ3v) is 28.4. The molecule has 0 fully saturated rings. The molecule has 0 atom stereocenters. The highest BCUT2D eigenvalue weighted by Gasteiger charge is 2.29. The number of carbonyl (C=O) groups is 2. The zero-order chi connectivity index (χ0) is 105. The van der Waals surface area contributed by atoms with Crippen molar-refractivity contribution in [3.05, 3.63) is 298 Å². The van der Waals surface area contributed by atoms with Crippen LogP contribution < -0.4 is 5.32 Å². The Kier molecular flexibility index (Phi) is 48.4. The fraction of sp³-hybridized carbons (Fsp3) is 0.430. The number of carbonyl (C=O) groups excluding carboxylic acids is 2. The van der Waals surface area contributed by atoms with Crippen LogP contribution in [0.15, 0.2) is 255 Å². The number of amides is 2. The fourth-order valence-corrected chi connectivity index (χ4v) is 18.8. The van der Waals surface area contributed by atoms with Crippen LogP contribution >= 0.6 is 23.2 Å². The molecule has 15 heteroatoms. The van der Waals surface area contributed by atoms with E-state index in [1.807, 2.05) is 170 Å². The van der Waals surface area contributed by atoms with Gasteiger partial charge in [0.15, 0.2) is 0 Å². The summed E-state index contributed by atoms with van der Waals surface area (Å²) in [5.74, 6) is 2.20. The van der Waals surface area contributed by atoms with Crippen molar-refractivity contribution in [2.24, 2.45) is 0 Å². The minimum Gasteiger partial charge on any atom is -0.508 e. The van der Waals surface area contributed by atoms with Crippen molar-refractivity contribution >= 4 is 40.7 Å². The third kappa shape index (κ3) is 38.8. The van der Waals surface area contributed by atoms with E-state index in [2.05, 4.69) is 158 Å². The van der Waals surface area contributed by atoms with E-state index in [4.69, 9.17) is 23.2 Å². The van der Waals surface area contributed by atoms with Gasteiger partial charge in [0.1, 0.15) is 46.0 Å². The number of phenolic OH excluding ortho intramolecular Hbond substituents is 8. The summed E-state index contributed by atoms with van der Waals surface area (Å²) in [5, 5.41) is 86.0. The number of unbranched alkanes of at least 4 members (excludes halogenated alkanes) is 16. The van der Waals surface area contributed by atoms with Gasteiger partial charge in [-0.2, -0.15) is 0 Å². The Morgan fingerprint density at radius 1 is 0.287 bits per heavy atom. The minimum absolute atomic E-state index is 0.0434. The van der Waals surface area contributed by atoms with Gasteiger partial charge in [0, 0.05) is 94.5 Å². The van der Waals surface area contributed by atoms with Crippen LogP contribution in [0.5, 0.6) is 46.0 Å². The lowest BCUT2D eigenvalue weighted by Gasteiger charge is -2.26. The molecular formula is C128H169Cl2N3O10. The van der Waals surface area contributed by atoms with E-state index >= 15 is 0 Å². The zero-order valence-electron chi connectivity index (χ0n) is 89.8. The van der Waals surface area contributed by atoms with Crippen LogP contribution in [-0.4, -0.2) is 76.6 Å². The Morgan fingerprint density at radius 3 is 0.839 bits per heavy atom.